The van der Waals surface area contributed by atoms with E-state index in [4.69, 9.17) is 4.74 Å². The van der Waals surface area contributed by atoms with Gasteiger partial charge in [0.15, 0.2) is 0 Å². The van der Waals surface area contributed by atoms with Gasteiger partial charge in [0.1, 0.15) is 5.75 Å². The zero-order chi connectivity index (χ0) is 18.4. The monoisotopic (exact) mass is 355 g/mol. The molecule has 2 aromatic rings. The zero-order valence-corrected chi connectivity index (χ0v) is 14.6. The molecule has 2 heterocycles. The molecule has 8 nitrogen and oxygen atoms in total. The van der Waals surface area contributed by atoms with Crippen LogP contribution < -0.4 is 15.0 Å². The molecule has 0 unspecified atom stereocenters. The smallest absolute Gasteiger partial charge is 0.254 e. The maximum Gasteiger partial charge on any atom is 0.254 e. The minimum atomic E-state index is -0.242. The van der Waals surface area contributed by atoms with Gasteiger partial charge in [-0.25, -0.2) is 9.97 Å². The number of nitrogens with zero attached hydrogens (tertiary/aromatic N) is 4. The summed E-state index contributed by atoms with van der Waals surface area (Å²) in [5.74, 6) is 1.05. The van der Waals surface area contributed by atoms with Crippen molar-refractivity contribution in [2.24, 2.45) is 0 Å². The van der Waals surface area contributed by atoms with Crippen molar-refractivity contribution in [2.75, 3.05) is 38.2 Å². The number of methoxy groups -OCH3 is 1. The van der Waals surface area contributed by atoms with Gasteiger partial charge in [0.25, 0.3) is 5.91 Å². The van der Waals surface area contributed by atoms with E-state index in [0.29, 0.717) is 44.2 Å². The van der Waals surface area contributed by atoms with Crippen molar-refractivity contribution in [1.82, 2.24) is 20.2 Å². The van der Waals surface area contributed by atoms with Crippen molar-refractivity contribution in [3.05, 3.63) is 47.8 Å². The largest absolute Gasteiger partial charge is 0.496 e. The van der Waals surface area contributed by atoms with Crippen LogP contribution in [0.25, 0.3) is 0 Å². The van der Waals surface area contributed by atoms with Crippen LogP contribution in [0.4, 0.5) is 5.95 Å². The van der Waals surface area contributed by atoms with Crippen LogP contribution >= 0.6 is 0 Å². The lowest BCUT2D eigenvalue weighted by molar-refractivity contribution is -0.118. The Balaban J connectivity index is 1.58. The number of hydrogen-bond acceptors (Lipinski definition) is 6. The van der Waals surface area contributed by atoms with Crippen molar-refractivity contribution in [3.63, 3.8) is 0 Å². The zero-order valence-electron chi connectivity index (χ0n) is 14.6. The molecule has 0 bridgehead atoms. The second kappa shape index (κ2) is 8.28. The maximum absolute atomic E-state index is 12.3. The summed E-state index contributed by atoms with van der Waals surface area (Å²) in [5.41, 5.74) is 1.30. The highest BCUT2D eigenvalue weighted by Crippen LogP contribution is 2.17. The molecule has 26 heavy (non-hydrogen) atoms. The Bertz CT molecular complexity index is 758. The number of anilines is 1. The molecular formula is C18H21N5O3. The van der Waals surface area contributed by atoms with Crippen LogP contribution in [0.2, 0.25) is 0 Å². The van der Waals surface area contributed by atoms with Crippen LogP contribution in [0.5, 0.6) is 5.75 Å². The summed E-state index contributed by atoms with van der Waals surface area (Å²) in [6, 6.07) is 7.53. The standard InChI is InChI=1S/C18H21N5O3/c1-26-16-5-3-2-4-14(16)10-19-17(25)15-11-20-18(21-12-15)23-8-6-22(13-24)7-9-23/h2-5,11-13H,6-10H2,1H3,(H,19,25). The van der Waals surface area contributed by atoms with Gasteiger partial charge in [-0.05, 0) is 6.07 Å². The van der Waals surface area contributed by atoms with Crippen molar-refractivity contribution >= 4 is 18.3 Å². The van der Waals surface area contributed by atoms with Crippen molar-refractivity contribution < 1.29 is 14.3 Å². The highest BCUT2D eigenvalue weighted by Gasteiger charge is 2.18. The van der Waals surface area contributed by atoms with Crippen LogP contribution in [0, 0.1) is 0 Å². The second-order valence-electron chi connectivity index (χ2n) is 5.89. The minimum absolute atomic E-state index is 0.242. The molecule has 0 aliphatic carbocycles. The number of ether oxygens (including phenoxy) is 1. The number of carbonyl (C=O) groups excluding carboxylic acids is 2. The van der Waals surface area contributed by atoms with Gasteiger partial charge in [-0.2, -0.15) is 0 Å². The third kappa shape index (κ3) is 4.08. The topological polar surface area (TPSA) is 87.7 Å². The Hall–Kier alpha value is -3.16. The van der Waals surface area contributed by atoms with Crippen LogP contribution in [-0.4, -0.2) is 60.5 Å². The lowest BCUT2D eigenvalue weighted by atomic mass is 10.2. The Kier molecular flexibility index (Phi) is 5.62. The van der Waals surface area contributed by atoms with Gasteiger partial charge in [0, 0.05) is 50.7 Å². The molecule has 1 aliphatic heterocycles. The van der Waals surface area contributed by atoms with Crippen molar-refractivity contribution in [2.45, 2.75) is 6.54 Å². The van der Waals surface area contributed by atoms with Gasteiger partial charge < -0.3 is 19.9 Å². The average Bonchev–Trinajstić information content (AvgIpc) is 2.72. The van der Waals surface area contributed by atoms with Crippen LogP contribution in [0.1, 0.15) is 15.9 Å². The summed E-state index contributed by atoms with van der Waals surface area (Å²) in [7, 11) is 1.60. The van der Waals surface area contributed by atoms with Gasteiger partial charge in [0.2, 0.25) is 12.4 Å². The van der Waals surface area contributed by atoms with Gasteiger partial charge in [0.05, 0.1) is 12.7 Å². The van der Waals surface area contributed by atoms with E-state index in [1.165, 1.54) is 12.4 Å². The van der Waals surface area contributed by atoms with E-state index in [1.54, 1.807) is 12.0 Å². The Morgan fingerprint density at radius 3 is 2.54 bits per heavy atom. The number of benzene rings is 1. The normalized spacial score (nSPS) is 14.0. The quantitative estimate of drug-likeness (QED) is 0.768. The first kappa shape index (κ1) is 17.7. The first-order valence-corrected chi connectivity index (χ1v) is 8.37. The average molecular weight is 355 g/mol. The van der Waals surface area contributed by atoms with Crippen LogP contribution in [0.15, 0.2) is 36.7 Å². The van der Waals surface area contributed by atoms with Crippen LogP contribution in [0.3, 0.4) is 0 Å². The van der Waals surface area contributed by atoms with E-state index in [2.05, 4.69) is 15.3 Å². The Labute approximate surface area is 151 Å². The predicted octanol–water partition coefficient (Wildman–Crippen LogP) is 0.694. The summed E-state index contributed by atoms with van der Waals surface area (Å²) < 4.78 is 5.28. The lowest BCUT2D eigenvalue weighted by Crippen LogP contribution is -2.46. The molecule has 1 aromatic heterocycles. The summed E-state index contributed by atoms with van der Waals surface area (Å²) in [6.07, 6.45) is 3.89. The minimum Gasteiger partial charge on any atom is -0.496 e. The fourth-order valence-electron chi connectivity index (χ4n) is 2.76. The number of para-hydroxylation sites is 1. The van der Waals surface area contributed by atoms with E-state index in [1.807, 2.05) is 29.2 Å². The molecule has 1 saturated heterocycles. The summed E-state index contributed by atoms with van der Waals surface area (Å²) in [4.78, 5) is 35.3. The molecule has 0 saturated carbocycles. The third-order valence-corrected chi connectivity index (χ3v) is 4.28. The second-order valence-corrected chi connectivity index (χ2v) is 5.89. The molecule has 1 N–H and O–H groups in total. The summed E-state index contributed by atoms with van der Waals surface area (Å²) >= 11 is 0. The molecule has 3 rings (SSSR count). The molecular weight excluding hydrogens is 334 g/mol. The number of aromatic nitrogens is 2. The van der Waals surface area contributed by atoms with E-state index < -0.39 is 0 Å². The molecule has 1 aliphatic rings. The van der Waals surface area contributed by atoms with E-state index in [-0.39, 0.29) is 5.91 Å². The summed E-state index contributed by atoms with van der Waals surface area (Å²) in [5, 5.41) is 2.84. The van der Waals surface area contributed by atoms with E-state index in [0.717, 1.165) is 17.7 Å². The molecule has 1 aromatic carbocycles. The van der Waals surface area contributed by atoms with Gasteiger partial charge in [-0.3, -0.25) is 9.59 Å². The maximum atomic E-state index is 12.3. The Morgan fingerprint density at radius 2 is 1.88 bits per heavy atom. The molecule has 8 heteroatoms. The number of rotatable bonds is 6. The number of piperazine rings is 1. The van der Waals surface area contributed by atoms with E-state index in [9.17, 15) is 9.59 Å². The van der Waals surface area contributed by atoms with Crippen molar-refractivity contribution in [1.29, 1.82) is 0 Å². The SMILES string of the molecule is COc1ccccc1CNC(=O)c1cnc(N2CCN(C=O)CC2)nc1. The van der Waals surface area contributed by atoms with E-state index >= 15 is 0 Å². The number of amides is 2. The molecule has 0 radical (unpaired) electrons. The number of nitrogens with one attached hydrogen (secondary N) is 1. The molecule has 2 amide bonds. The van der Waals surface area contributed by atoms with Crippen LogP contribution in [-0.2, 0) is 11.3 Å². The molecule has 0 atom stereocenters. The predicted molar refractivity (Wildman–Crippen MR) is 96.0 cm³/mol. The third-order valence-electron chi connectivity index (χ3n) is 4.28. The first-order chi connectivity index (χ1) is 12.7. The highest BCUT2D eigenvalue weighted by atomic mass is 16.5. The lowest BCUT2D eigenvalue weighted by Gasteiger charge is -2.32. The number of carbonyl (C=O) groups is 2. The first-order valence-electron chi connectivity index (χ1n) is 8.37. The highest BCUT2D eigenvalue weighted by molar-refractivity contribution is 5.93. The molecule has 136 valence electrons. The number of hydrogen-bond donors (Lipinski definition) is 1. The van der Waals surface area contributed by atoms with Crippen molar-refractivity contribution in [3.8, 4) is 5.75 Å². The van der Waals surface area contributed by atoms with Gasteiger partial charge in [-0.1, -0.05) is 18.2 Å². The fraction of sp³-hybridized carbons (Fsp3) is 0.333. The summed E-state index contributed by atoms with van der Waals surface area (Å²) in [6.45, 7) is 3.01. The fourth-order valence-corrected chi connectivity index (χ4v) is 2.76. The molecule has 1 fully saturated rings. The Morgan fingerprint density at radius 1 is 1.19 bits per heavy atom. The van der Waals surface area contributed by atoms with Gasteiger partial charge in [-0.15, -0.1) is 0 Å². The molecule has 0 spiro atoms. The van der Waals surface area contributed by atoms with Gasteiger partial charge >= 0.3 is 0 Å².